The number of amides is 1. The number of aryl methyl sites for hydroxylation is 1. The molecule has 5 heteroatoms. The van der Waals surface area contributed by atoms with Crippen molar-refractivity contribution in [1.82, 2.24) is 15.5 Å². The molecule has 4 N–H and O–H groups in total. The number of aromatic nitrogens is 2. The Hall–Kier alpha value is -1.36. The molecular formula is C11H18N4O. The van der Waals surface area contributed by atoms with Crippen LogP contribution < -0.4 is 11.1 Å². The second-order valence-corrected chi connectivity index (χ2v) is 4.58. The highest BCUT2D eigenvalue weighted by atomic mass is 16.2. The van der Waals surface area contributed by atoms with Crippen molar-refractivity contribution >= 4 is 5.91 Å². The number of H-pyrrole nitrogens is 1. The zero-order chi connectivity index (χ0) is 11.6. The van der Waals surface area contributed by atoms with E-state index in [1.165, 1.54) is 0 Å². The highest BCUT2D eigenvalue weighted by Gasteiger charge is 2.34. The molecule has 1 heterocycles. The lowest BCUT2D eigenvalue weighted by atomic mass is 9.97. The van der Waals surface area contributed by atoms with Gasteiger partial charge in [0.15, 0.2) is 0 Å². The Labute approximate surface area is 94.8 Å². The highest BCUT2D eigenvalue weighted by Crippen LogP contribution is 2.28. The minimum absolute atomic E-state index is 0.128. The first-order valence-electron chi connectivity index (χ1n) is 5.70. The molecule has 0 atom stereocenters. The van der Waals surface area contributed by atoms with Crippen LogP contribution in [0.2, 0.25) is 0 Å². The van der Waals surface area contributed by atoms with Gasteiger partial charge in [0.25, 0.3) is 5.91 Å². The van der Waals surface area contributed by atoms with E-state index >= 15 is 0 Å². The average Bonchev–Trinajstić information content (AvgIpc) is 2.88. The predicted octanol–water partition coefficient (Wildman–Crippen LogP) is 0.719. The van der Waals surface area contributed by atoms with E-state index in [1.54, 1.807) is 6.07 Å². The number of nitrogens with zero attached hydrogens (tertiary/aromatic N) is 1. The summed E-state index contributed by atoms with van der Waals surface area (Å²) in [4.78, 5) is 11.9. The van der Waals surface area contributed by atoms with Crippen molar-refractivity contribution < 1.29 is 4.79 Å². The Morgan fingerprint density at radius 2 is 2.31 bits per heavy atom. The summed E-state index contributed by atoms with van der Waals surface area (Å²) in [6.45, 7) is 2.38. The monoisotopic (exact) mass is 222 g/mol. The molecule has 0 radical (unpaired) electrons. The zero-order valence-electron chi connectivity index (χ0n) is 9.55. The maximum atomic E-state index is 11.9. The molecule has 2 rings (SSSR count). The average molecular weight is 222 g/mol. The normalized spacial score (nSPS) is 18.6. The SMILES string of the molecule is Cc1cc(C(=O)NC2(CN)CCCC2)n[nH]1. The van der Waals surface area contributed by atoms with Crippen LogP contribution in [0.1, 0.15) is 41.9 Å². The lowest BCUT2D eigenvalue weighted by molar-refractivity contribution is 0.0898. The second kappa shape index (κ2) is 4.25. The Morgan fingerprint density at radius 3 is 2.81 bits per heavy atom. The molecule has 1 amide bonds. The van der Waals surface area contributed by atoms with Crippen molar-refractivity contribution in [2.75, 3.05) is 6.54 Å². The van der Waals surface area contributed by atoms with Crippen LogP contribution >= 0.6 is 0 Å². The van der Waals surface area contributed by atoms with Gasteiger partial charge in [-0.25, -0.2) is 0 Å². The fourth-order valence-electron chi connectivity index (χ4n) is 2.27. The van der Waals surface area contributed by atoms with Crippen molar-refractivity contribution in [2.45, 2.75) is 38.1 Å². The van der Waals surface area contributed by atoms with Crippen LogP contribution in [0.4, 0.5) is 0 Å². The summed E-state index contributed by atoms with van der Waals surface area (Å²) < 4.78 is 0. The fraction of sp³-hybridized carbons (Fsp3) is 0.636. The van der Waals surface area contributed by atoms with Gasteiger partial charge < -0.3 is 11.1 Å². The van der Waals surface area contributed by atoms with Crippen LogP contribution in [0.5, 0.6) is 0 Å². The van der Waals surface area contributed by atoms with Crippen molar-refractivity contribution in [2.24, 2.45) is 5.73 Å². The fourth-order valence-corrected chi connectivity index (χ4v) is 2.27. The van der Waals surface area contributed by atoms with E-state index in [0.29, 0.717) is 12.2 Å². The van der Waals surface area contributed by atoms with Crippen LogP contribution in [0.3, 0.4) is 0 Å². The molecule has 1 aliphatic carbocycles. The predicted molar refractivity (Wildman–Crippen MR) is 61.0 cm³/mol. The van der Waals surface area contributed by atoms with Crippen LogP contribution in [-0.2, 0) is 0 Å². The summed E-state index contributed by atoms with van der Waals surface area (Å²) in [6.07, 6.45) is 4.21. The number of carbonyl (C=O) groups is 1. The number of nitrogens with two attached hydrogens (primary N) is 1. The summed E-state index contributed by atoms with van der Waals surface area (Å²) >= 11 is 0. The lowest BCUT2D eigenvalue weighted by Gasteiger charge is -2.28. The molecule has 0 aromatic carbocycles. The third-order valence-electron chi connectivity index (χ3n) is 3.27. The Kier molecular flexibility index (Phi) is 2.96. The standard InChI is InChI=1S/C11H18N4O/c1-8-6-9(15-14-8)10(16)13-11(7-12)4-2-3-5-11/h6H,2-5,7,12H2,1H3,(H,13,16)(H,14,15). The van der Waals surface area contributed by atoms with E-state index in [-0.39, 0.29) is 11.4 Å². The van der Waals surface area contributed by atoms with Gasteiger partial charge in [-0.1, -0.05) is 12.8 Å². The van der Waals surface area contributed by atoms with E-state index < -0.39 is 0 Å². The number of rotatable bonds is 3. The third kappa shape index (κ3) is 2.09. The Bertz CT molecular complexity index is 379. The van der Waals surface area contributed by atoms with Crippen LogP contribution in [-0.4, -0.2) is 28.2 Å². The van der Waals surface area contributed by atoms with Gasteiger partial charge in [-0.2, -0.15) is 5.10 Å². The van der Waals surface area contributed by atoms with Gasteiger partial charge in [-0.3, -0.25) is 9.89 Å². The third-order valence-corrected chi connectivity index (χ3v) is 3.27. The molecule has 0 bridgehead atoms. The smallest absolute Gasteiger partial charge is 0.272 e. The van der Waals surface area contributed by atoms with Gasteiger partial charge >= 0.3 is 0 Å². The number of hydrogen-bond donors (Lipinski definition) is 3. The summed E-state index contributed by atoms with van der Waals surface area (Å²) in [6, 6.07) is 1.74. The van der Waals surface area contributed by atoms with Gasteiger partial charge in [-0.15, -0.1) is 0 Å². The van der Waals surface area contributed by atoms with E-state index in [2.05, 4.69) is 15.5 Å². The first-order chi connectivity index (χ1) is 7.65. The largest absolute Gasteiger partial charge is 0.344 e. The summed E-state index contributed by atoms with van der Waals surface area (Å²) in [5, 5.41) is 9.73. The molecule has 5 nitrogen and oxygen atoms in total. The summed E-state index contributed by atoms with van der Waals surface area (Å²) in [5.74, 6) is -0.128. The number of carbonyl (C=O) groups excluding carboxylic acids is 1. The molecule has 0 aliphatic heterocycles. The Balaban J connectivity index is 2.06. The molecule has 1 aromatic rings. The van der Waals surface area contributed by atoms with Crippen molar-refractivity contribution in [3.05, 3.63) is 17.5 Å². The van der Waals surface area contributed by atoms with Gasteiger partial charge in [-0.05, 0) is 25.8 Å². The minimum Gasteiger partial charge on any atom is -0.344 e. The van der Waals surface area contributed by atoms with Gasteiger partial charge in [0.1, 0.15) is 5.69 Å². The summed E-state index contributed by atoms with van der Waals surface area (Å²) in [7, 11) is 0. The second-order valence-electron chi connectivity index (χ2n) is 4.58. The number of nitrogens with one attached hydrogen (secondary N) is 2. The quantitative estimate of drug-likeness (QED) is 0.704. The first kappa shape index (κ1) is 11.1. The zero-order valence-corrected chi connectivity index (χ0v) is 9.55. The van der Waals surface area contributed by atoms with Crippen LogP contribution in [0.15, 0.2) is 6.07 Å². The first-order valence-corrected chi connectivity index (χ1v) is 5.70. The van der Waals surface area contributed by atoms with E-state index in [0.717, 1.165) is 31.4 Å². The molecular weight excluding hydrogens is 204 g/mol. The summed E-state index contributed by atoms with van der Waals surface area (Å²) in [5.41, 5.74) is 6.88. The lowest BCUT2D eigenvalue weighted by Crippen LogP contribution is -2.51. The topological polar surface area (TPSA) is 83.8 Å². The molecule has 16 heavy (non-hydrogen) atoms. The van der Waals surface area contributed by atoms with Crippen molar-refractivity contribution in [3.8, 4) is 0 Å². The molecule has 1 fully saturated rings. The van der Waals surface area contributed by atoms with Gasteiger partial charge in [0.05, 0.1) is 5.54 Å². The maximum Gasteiger partial charge on any atom is 0.272 e. The molecule has 1 aliphatic rings. The van der Waals surface area contributed by atoms with Gasteiger partial charge in [0.2, 0.25) is 0 Å². The van der Waals surface area contributed by atoms with E-state index in [9.17, 15) is 4.79 Å². The van der Waals surface area contributed by atoms with E-state index in [1.807, 2.05) is 6.92 Å². The molecule has 0 saturated heterocycles. The molecule has 88 valence electrons. The highest BCUT2D eigenvalue weighted by molar-refractivity contribution is 5.92. The Morgan fingerprint density at radius 1 is 1.62 bits per heavy atom. The van der Waals surface area contributed by atoms with E-state index in [4.69, 9.17) is 5.73 Å². The van der Waals surface area contributed by atoms with Crippen molar-refractivity contribution in [3.63, 3.8) is 0 Å². The maximum absolute atomic E-state index is 11.9. The van der Waals surface area contributed by atoms with Crippen LogP contribution in [0, 0.1) is 6.92 Å². The molecule has 0 unspecified atom stereocenters. The minimum atomic E-state index is -0.204. The molecule has 1 aromatic heterocycles. The molecule has 0 spiro atoms. The van der Waals surface area contributed by atoms with Gasteiger partial charge in [0, 0.05) is 12.2 Å². The number of aromatic amines is 1. The molecule has 1 saturated carbocycles. The van der Waals surface area contributed by atoms with Crippen LogP contribution in [0.25, 0.3) is 0 Å². The van der Waals surface area contributed by atoms with Crippen molar-refractivity contribution in [1.29, 1.82) is 0 Å². The number of hydrogen-bond acceptors (Lipinski definition) is 3.